The molecule has 0 saturated carbocycles. The van der Waals surface area contributed by atoms with Gasteiger partial charge in [-0.05, 0) is 96.4 Å². The van der Waals surface area contributed by atoms with Gasteiger partial charge in [-0.25, -0.2) is 4.98 Å². The molecule has 59 heavy (non-hydrogen) atoms. The molecule has 0 atom stereocenters. The minimum absolute atomic E-state index is 0.0994. The van der Waals surface area contributed by atoms with Crippen LogP contribution in [0, 0.1) is 0 Å². The molecule has 0 saturated heterocycles. The molecule has 8 aromatic rings. The highest BCUT2D eigenvalue weighted by Crippen LogP contribution is 2.51. The monoisotopic (exact) mass is 720 g/mol. The minimum atomic E-state index is -2.07. The van der Waals surface area contributed by atoms with Crippen LogP contribution in [0.4, 0.5) is 0 Å². The molecule has 7 aromatic carbocycles. The fourth-order valence-corrected chi connectivity index (χ4v) is 8.94. The van der Waals surface area contributed by atoms with Gasteiger partial charge in [0.05, 0.1) is 50.3 Å². The van der Waals surface area contributed by atoms with Gasteiger partial charge < -0.3 is 0 Å². The van der Waals surface area contributed by atoms with Crippen molar-refractivity contribution in [2.24, 2.45) is 0 Å². The summed E-state index contributed by atoms with van der Waals surface area (Å²) in [4.78, 5) is 4.76. The summed E-state index contributed by atoms with van der Waals surface area (Å²) in [7, 11) is 86.7. The molecule has 2 nitrogen and oxygen atoms in total. The Morgan fingerprint density at radius 1 is 0.492 bits per heavy atom. The van der Waals surface area contributed by atoms with Crippen LogP contribution in [0.25, 0.3) is 71.6 Å². The summed E-state index contributed by atoms with van der Waals surface area (Å²) in [6, 6.07) is 29.5. The number of rotatable bonds is 5. The molecule has 26 radical (unpaired) electrons. The highest BCUT2D eigenvalue weighted by molar-refractivity contribution is 6.71. The van der Waals surface area contributed by atoms with Crippen LogP contribution in [0.1, 0.15) is 30.8 Å². The summed E-state index contributed by atoms with van der Waals surface area (Å²) < 4.78 is 1.75. The number of hydrogen-bond acceptors (Lipinski definition) is 1. The maximum Gasteiger partial charge on any atom is 0.113 e. The van der Waals surface area contributed by atoms with E-state index in [4.69, 9.17) is 107 Å². The highest BCUT2D eigenvalue weighted by atomic mass is 15.1. The lowest BCUT2D eigenvalue weighted by Gasteiger charge is -2.41. The number of aromatic nitrogens is 2. The molecule has 9 rings (SSSR count). The lowest BCUT2D eigenvalue weighted by Crippen LogP contribution is -2.50. The van der Waals surface area contributed by atoms with E-state index in [1.165, 1.54) is 5.56 Å². The molecular formula is C44H21B13N2. The zero-order valence-electron chi connectivity index (χ0n) is 32.6. The molecule has 0 bridgehead atoms. The van der Waals surface area contributed by atoms with Crippen molar-refractivity contribution in [3.8, 4) is 39.1 Å². The first-order chi connectivity index (χ1) is 27.8. The third-order valence-corrected chi connectivity index (χ3v) is 12.2. The maximum absolute atomic E-state index is 7.07. The second-order valence-electron chi connectivity index (χ2n) is 16.1. The maximum atomic E-state index is 7.07. The molecule has 1 heterocycles. The Balaban J connectivity index is 1.44. The third-order valence-electron chi connectivity index (χ3n) is 12.2. The first-order valence-electron chi connectivity index (χ1n) is 18.8. The van der Waals surface area contributed by atoms with Crippen LogP contribution in [0.15, 0.2) is 91.0 Å². The molecule has 246 valence electrons. The van der Waals surface area contributed by atoms with E-state index >= 15 is 0 Å². The van der Waals surface area contributed by atoms with Crippen LogP contribution in [0.3, 0.4) is 0 Å². The van der Waals surface area contributed by atoms with Crippen molar-refractivity contribution in [3.05, 3.63) is 108 Å². The molecule has 0 fully saturated rings. The number of benzene rings is 7. The van der Waals surface area contributed by atoms with Gasteiger partial charge in [-0.3, -0.25) is 4.57 Å². The summed E-state index contributed by atoms with van der Waals surface area (Å²) in [5.41, 5.74) is 9.71. The van der Waals surface area contributed by atoms with Crippen molar-refractivity contribution >= 4 is 178 Å². The summed E-state index contributed by atoms with van der Waals surface area (Å²) in [5, 5.41) is -2.14. The molecule has 1 aliphatic carbocycles. The van der Waals surface area contributed by atoms with E-state index in [1.54, 1.807) is 4.57 Å². The lowest BCUT2D eigenvalue weighted by atomic mass is 9.23. The molecular weight excluding hydrogens is 697 g/mol. The molecule has 0 N–H and O–H groups in total. The number of para-hydroxylation sites is 2. The quantitative estimate of drug-likeness (QED) is 0.172. The van der Waals surface area contributed by atoms with Crippen LogP contribution in [0.2, 0.25) is 5.11 Å². The van der Waals surface area contributed by atoms with E-state index < -0.39 is 10.3 Å². The van der Waals surface area contributed by atoms with Gasteiger partial charge in [0.15, 0.2) is 0 Å². The molecule has 0 aliphatic heterocycles. The SMILES string of the molecule is [B]c1c([B])c([B])c2c(-c3ccc4c(c3)C(C)(C)c3ccccc3-4)c3c([B])c([B])c([B])c([B])c3c(-c3cccc(-n4c(C([B])([B])C([B])([B])[B])nc5ccccc54)c3)c2c1[B]. The Morgan fingerprint density at radius 2 is 0.983 bits per heavy atom. The first-order valence-corrected chi connectivity index (χ1v) is 18.8. The molecule has 0 spiro atoms. The summed E-state index contributed by atoms with van der Waals surface area (Å²) in [6.45, 7) is 4.40. The zero-order valence-corrected chi connectivity index (χ0v) is 32.6. The normalized spacial score (nSPS) is 13.6. The third kappa shape index (κ3) is 5.55. The van der Waals surface area contributed by atoms with Gasteiger partial charge >= 0.3 is 0 Å². The van der Waals surface area contributed by atoms with Crippen molar-refractivity contribution < 1.29 is 0 Å². The van der Waals surface area contributed by atoms with Crippen molar-refractivity contribution in [1.29, 1.82) is 0 Å². The fourth-order valence-electron chi connectivity index (χ4n) is 8.94. The largest absolute Gasteiger partial charge is 0.297 e. The smallest absolute Gasteiger partial charge is 0.113 e. The Morgan fingerprint density at radius 3 is 1.54 bits per heavy atom. The van der Waals surface area contributed by atoms with Gasteiger partial charge in [0, 0.05) is 11.1 Å². The minimum Gasteiger partial charge on any atom is -0.297 e. The number of fused-ring (bicyclic) bond motifs is 6. The fraction of sp³-hybridized carbons (Fsp3) is 0.114. The second kappa shape index (κ2) is 13.4. The second-order valence-corrected chi connectivity index (χ2v) is 16.1. The van der Waals surface area contributed by atoms with E-state index in [0.717, 1.165) is 22.3 Å². The van der Waals surface area contributed by atoms with Gasteiger partial charge in [-0.1, -0.05) is 102 Å². The summed E-state index contributed by atoms with van der Waals surface area (Å²) in [6.07, 6.45) is 0. The predicted molar refractivity (Wildman–Crippen MR) is 261 cm³/mol. The van der Waals surface area contributed by atoms with E-state index in [2.05, 4.69) is 44.2 Å². The van der Waals surface area contributed by atoms with Gasteiger partial charge in [0.1, 0.15) is 68.6 Å². The molecule has 0 unspecified atom stereocenters. The highest BCUT2D eigenvalue weighted by Gasteiger charge is 2.38. The Bertz CT molecular complexity index is 3060. The van der Waals surface area contributed by atoms with Crippen molar-refractivity contribution in [2.45, 2.75) is 29.6 Å². The van der Waals surface area contributed by atoms with Gasteiger partial charge in [-0.15, -0.1) is 27.0 Å². The van der Waals surface area contributed by atoms with Crippen LogP contribution in [-0.2, 0) is 10.6 Å². The number of imidazole rings is 1. The van der Waals surface area contributed by atoms with Crippen molar-refractivity contribution in [2.75, 3.05) is 0 Å². The summed E-state index contributed by atoms with van der Waals surface area (Å²) >= 11 is 0. The molecule has 1 aromatic heterocycles. The molecule has 1 aliphatic rings. The zero-order chi connectivity index (χ0) is 42.2. The standard InChI is InChI=1S/C44H21B13N2/c1-42(2)23-11-4-3-10-21(23)22-15-14-19(17-24(22)42)28-31-29(33(45)37(49)39(51)35(31)47)27(30-32(28)36(48)40(52)38(50)34(30)46)18-8-7-9-20(16-18)59-26-13-6-5-12-25(26)58-41(59)43(53,54)44(55,56)57/h3-17H,1-2H3. The first kappa shape index (κ1) is 39.8. The van der Waals surface area contributed by atoms with Gasteiger partial charge in [-0.2, -0.15) is 0 Å². The molecule has 0 amide bonds. The van der Waals surface area contributed by atoms with Crippen LogP contribution in [0.5, 0.6) is 0 Å². The Hall–Kier alpha value is -4.63. The predicted octanol–water partition coefficient (Wildman–Crippen LogP) is -0.608. The Labute approximate surface area is 362 Å². The Kier molecular flexibility index (Phi) is 9.07. The van der Waals surface area contributed by atoms with Crippen LogP contribution in [-0.4, -0.2) is 112 Å². The average molecular weight is 718 g/mol. The van der Waals surface area contributed by atoms with Crippen LogP contribution < -0.4 is 43.7 Å². The van der Waals surface area contributed by atoms with Crippen molar-refractivity contribution in [3.63, 3.8) is 0 Å². The number of hydrogen-bond donors (Lipinski definition) is 0. The van der Waals surface area contributed by atoms with Crippen molar-refractivity contribution in [1.82, 2.24) is 9.55 Å². The van der Waals surface area contributed by atoms with Gasteiger partial charge in [0.25, 0.3) is 0 Å². The van der Waals surface area contributed by atoms with E-state index in [9.17, 15) is 0 Å². The lowest BCUT2D eigenvalue weighted by molar-refractivity contribution is 0.660. The average Bonchev–Trinajstić information content (AvgIpc) is 3.72. The van der Waals surface area contributed by atoms with Gasteiger partial charge in [0.2, 0.25) is 0 Å². The topological polar surface area (TPSA) is 17.8 Å². The molecule has 15 heteroatoms. The number of nitrogens with zero attached hydrogens (tertiary/aromatic N) is 2. The summed E-state index contributed by atoms with van der Waals surface area (Å²) in [5.74, 6) is 0.108. The van der Waals surface area contributed by atoms with E-state index in [-0.39, 0.29) is 54.9 Å². The van der Waals surface area contributed by atoms with Crippen LogP contribution >= 0.6 is 0 Å². The van der Waals surface area contributed by atoms with E-state index in [1.807, 2.05) is 60.7 Å². The van der Waals surface area contributed by atoms with E-state index in [0.29, 0.717) is 55.0 Å².